The van der Waals surface area contributed by atoms with Gasteiger partial charge in [-0.25, -0.2) is 9.97 Å². The summed E-state index contributed by atoms with van der Waals surface area (Å²) >= 11 is 0. The highest BCUT2D eigenvalue weighted by Crippen LogP contribution is 2.26. The number of nitrogens with zero attached hydrogens (tertiary/aromatic N) is 2. The lowest BCUT2D eigenvalue weighted by Gasteiger charge is -2.19. The minimum atomic E-state index is 0.0659. The Labute approximate surface area is 90.4 Å². The van der Waals surface area contributed by atoms with E-state index in [1.54, 1.807) is 6.33 Å². The van der Waals surface area contributed by atoms with Gasteiger partial charge in [0.2, 0.25) is 0 Å². The zero-order chi connectivity index (χ0) is 11.1. The summed E-state index contributed by atoms with van der Waals surface area (Å²) in [5.74, 6) is 0. The van der Waals surface area contributed by atoms with Crippen LogP contribution in [-0.4, -0.2) is 9.97 Å². The Morgan fingerprint density at radius 1 is 1.07 bits per heavy atom. The van der Waals surface area contributed by atoms with Gasteiger partial charge in [-0.3, -0.25) is 0 Å². The van der Waals surface area contributed by atoms with Gasteiger partial charge in [-0.15, -0.1) is 0 Å². The number of hydrogen-bond donors (Lipinski definition) is 0. The summed E-state index contributed by atoms with van der Waals surface area (Å²) in [4.78, 5) is 8.70. The predicted molar refractivity (Wildman–Crippen MR) is 63.0 cm³/mol. The zero-order valence-electron chi connectivity index (χ0n) is 9.70. The molecule has 0 fully saturated rings. The largest absolute Gasteiger partial charge is 0.240 e. The molecule has 0 N–H and O–H groups in total. The molecule has 0 bridgehead atoms. The smallest absolute Gasteiger partial charge is 0.116 e. The molecule has 1 aromatic heterocycles. The second-order valence-electron chi connectivity index (χ2n) is 4.99. The van der Waals surface area contributed by atoms with Crippen LogP contribution >= 0.6 is 0 Å². The molecule has 0 aliphatic heterocycles. The maximum absolute atomic E-state index is 4.40. The highest BCUT2D eigenvalue weighted by atomic mass is 14.8. The van der Waals surface area contributed by atoms with Crippen LogP contribution in [0.2, 0.25) is 0 Å². The molecule has 2 heteroatoms. The molecule has 0 saturated carbocycles. The Bertz CT molecular complexity index is 495. The van der Waals surface area contributed by atoms with Gasteiger partial charge in [-0.05, 0) is 18.6 Å². The zero-order valence-corrected chi connectivity index (χ0v) is 9.70. The van der Waals surface area contributed by atoms with Crippen LogP contribution < -0.4 is 0 Å². The lowest BCUT2D eigenvalue weighted by molar-refractivity contribution is 0.574. The van der Waals surface area contributed by atoms with Crippen molar-refractivity contribution in [1.29, 1.82) is 0 Å². The summed E-state index contributed by atoms with van der Waals surface area (Å²) < 4.78 is 0. The summed E-state index contributed by atoms with van der Waals surface area (Å²) in [6.45, 7) is 8.61. The molecule has 1 heterocycles. The van der Waals surface area contributed by atoms with E-state index in [4.69, 9.17) is 0 Å². The summed E-state index contributed by atoms with van der Waals surface area (Å²) in [5, 5.41) is 1.16. The first-order valence-corrected chi connectivity index (χ1v) is 5.20. The topological polar surface area (TPSA) is 25.8 Å². The van der Waals surface area contributed by atoms with Crippen LogP contribution in [0.15, 0.2) is 24.5 Å². The summed E-state index contributed by atoms with van der Waals surface area (Å²) in [6, 6.07) is 6.33. The highest BCUT2D eigenvalue weighted by Gasteiger charge is 2.18. The monoisotopic (exact) mass is 200 g/mol. The molecule has 15 heavy (non-hydrogen) atoms. The number of fused-ring (bicyclic) bond motifs is 1. The molecule has 78 valence electrons. The molecule has 0 spiro atoms. The lowest BCUT2D eigenvalue weighted by atomic mass is 9.89. The third-order valence-electron chi connectivity index (χ3n) is 2.50. The fourth-order valence-corrected chi connectivity index (χ4v) is 1.76. The van der Waals surface area contributed by atoms with E-state index in [0.29, 0.717) is 0 Å². The number of aryl methyl sites for hydroxylation is 1. The van der Waals surface area contributed by atoms with Gasteiger partial charge in [0, 0.05) is 10.8 Å². The number of hydrogen-bond acceptors (Lipinski definition) is 2. The van der Waals surface area contributed by atoms with E-state index in [1.165, 1.54) is 5.56 Å². The quantitative estimate of drug-likeness (QED) is 0.652. The minimum Gasteiger partial charge on any atom is -0.240 e. The van der Waals surface area contributed by atoms with Crippen molar-refractivity contribution < 1.29 is 0 Å². The standard InChI is InChI=1S/C13H16N2/c1-9-5-6-10-11(7-9)14-8-15-12(10)13(2,3)4/h5-8H,1-4H3. The van der Waals surface area contributed by atoms with E-state index >= 15 is 0 Å². The fourth-order valence-electron chi connectivity index (χ4n) is 1.76. The first-order valence-electron chi connectivity index (χ1n) is 5.20. The molecule has 2 nitrogen and oxygen atoms in total. The van der Waals surface area contributed by atoms with Crippen LogP contribution in [0.5, 0.6) is 0 Å². The Morgan fingerprint density at radius 2 is 1.80 bits per heavy atom. The molecule has 0 aliphatic rings. The molecular weight excluding hydrogens is 184 g/mol. The van der Waals surface area contributed by atoms with E-state index in [2.05, 4.69) is 55.9 Å². The van der Waals surface area contributed by atoms with Gasteiger partial charge in [0.1, 0.15) is 6.33 Å². The van der Waals surface area contributed by atoms with Crippen LogP contribution in [0.25, 0.3) is 10.9 Å². The van der Waals surface area contributed by atoms with Crippen molar-refractivity contribution >= 4 is 10.9 Å². The molecule has 0 radical (unpaired) electrons. The second-order valence-corrected chi connectivity index (χ2v) is 4.99. The predicted octanol–water partition coefficient (Wildman–Crippen LogP) is 3.24. The number of rotatable bonds is 0. The van der Waals surface area contributed by atoms with Gasteiger partial charge in [-0.1, -0.05) is 32.9 Å². The lowest BCUT2D eigenvalue weighted by Crippen LogP contribution is -2.14. The van der Waals surface area contributed by atoms with E-state index in [-0.39, 0.29) is 5.41 Å². The molecule has 1 aromatic carbocycles. The van der Waals surface area contributed by atoms with Gasteiger partial charge in [0.25, 0.3) is 0 Å². The van der Waals surface area contributed by atoms with Crippen molar-refractivity contribution in [2.75, 3.05) is 0 Å². The summed E-state index contributed by atoms with van der Waals surface area (Å²) in [7, 11) is 0. The minimum absolute atomic E-state index is 0.0659. The average Bonchev–Trinajstić information content (AvgIpc) is 2.15. The van der Waals surface area contributed by atoms with E-state index in [1.807, 2.05) is 0 Å². The second kappa shape index (κ2) is 3.30. The Kier molecular flexibility index (Phi) is 2.22. The third-order valence-corrected chi connectivity index (χ3v) is 2.50. The molecular formula is C13H16N2. The van der Waals surface area contributed by atoms with E-state index in [0.717, 1.165) is 16.6 Å². The molecule has 2 aromatic rings. The van der Waals surface area contributed by atoms with Crippen molar-refractivity contribution in [3.05, 3.63) is 35.8 Å². The van der Waals surface area contributed by atoms with Crippen LogP contribution in [-0.2, 0) is 5.41 Å². The Morgan fingerprint density at radius 3 is 2.47 bits per heavy atom. The average molecular weight is 200 g/mol. The summed E-state index contributed by atoms with van der Waals surface area (Å²) in [5.41, 5.74) is 3.46. The van der Waals surface area contributed by atoms with Gasteiger partial charge >= 0.3 is 0 Å². The SMILES string of the molecule is Cc1ccc2c(C(C)(C)C)ncnc2c1. The number of benzene rings is 1. The molecule has 0 unspecified atom stereocenters. The molecule has 0 amide bonds. The maximum atomic E-state index is 4.40. The number of aromatic nitrogens is 2. The third kappa shape index (κ3) is 1.84. The van der Waals surface area contributed by atoms with E-state index < -0.39 is 0 Å². The summed E-state index contributed by atoms with van der Waals surface area (Å²) in [6.07, 6.45) is 1.66. The van der Waals surface area contributed by atoms with Crippen molar-refractivity contribution in [3.8, 4) is 0 Å². The van der Waals surface area contributed by atoms with Crippen LogP contribution in [0.3, 0.4) is 0 Å². The molecule has 0 aliphatic carbocycles. The first-order chi connectivity index (χ1) is 6.98. The van der Waals surface area contributed by atoms with Crippen LogP contribution in [0, 0.1) is 6.92 Å². The van der Waals surface area contributed by atoms with Crippen molar-refractivity contribution in [2.24, 2.45) is 0 Å². The maximum Gasteiger partial charge on any atom is 0.116 e. The van der Waals surface area contributed by atoms with Crippen LogP contribution in [0.4, 0.5) is 0 Å². The normalized spacial score (nSPS) is 12.0. The van der Waals surface area contributed by atoms with Crippen molar-refractivity contribution in [3.63, 3.8) is 0 Å². The van der Waals surface area contributed by atoms with Crippen molar-refractivity contribution in [2.45, 2.75) is 33.1 Å². The molecule has 0 saturated heterocycles. The first kappa shape index (κ1) is 10.1. The van der Waals surface area contributed by atoms with Gasteiger partial charge < -0.3 is 0 Å². The van der Waals surface area contributed by atoms with Gasteiger partial charge in [-0.2, -0.15) is 0 Å². The van der Waals surface area contributed by atoms with Crippen LogP contribution in [0.1, 0.15) is 32.0 Å². The Balaban J connectivity index is 2.77. The highest BCUT2D eigenvalue weighted by molar-refractivity contribution is 5.82. The molecule has 0 atom stereocenters. The molecule has 2 rings (SSSR count). The Hall–Kier alpha value is -1.44. The van der Waals surface area contributed by atoms with Crippen molar-refractivity contribution in [1.82, 2.24) is 9.97 Å². The fraction of sp³-hybridized carbons (Fsp3) is 0.385. The van der Waals surface area contributed by atoms with E-state index in [9.17, 15) is 0 Å². The van der Waals surface area contributed by atoms with Gasteiger partial charge in [0.05, 0.1) is 11.2 Å². The van der Waals surface area contributed by atoms with Gasteiger partial charge in [0.15, 0.2) is 0 Å².